The van der Waals surface area contributed by atoms with Gasteiger partial charge in [-0.25, -0.2) is 9.67 Å². The van der Waals surface area contributed by atoms with Crippen molar-refractivity contribution in [3.8, 4) is 5.82 Å². The third-order valence-corrected chi connectivity index (χ3v) is 2.69. The monoisotopic (exact) mass is 252 g/mol. The molecule has 0 aliphatic carbocycles. The molecule has 0 aromatic carbocycles. The van der Waals surface area contributed by atoms with Crippen molar-refractivity contribution in [1.82, 2.24) is 14.8 Å². The van der Waals surface area contributed by atoms with Crippen LogP contribution in [-0.2, 0) is 0 Å². The van der Waals surface area contributed by atoms with Crippen LogP contribution in [-0.4, -0.2) is 14.8 Å². The Balaban J connectivity index is 2.47. The van der Waals surface area contributed by atoms with Crippen molar-refractivity contribution in [3.05, 3.63) is 34.6 Å². The molecule has 0 unspecified atom stereocenters. The zero-order valence-electron chi connectivity index (χ0n) is 7.61. The number of anilines is 1. The van der Waals surface area contributed by atoms with Gasteiger partial charge in [-0.3, -0.25) is 0 Å². The van der Waals surface area contributed by atoms with E-state index in [4.69, 9.17) is 5.73 Å². The van der Waals surface area contributed by atoms with Crippen molar-refractivity contribution in [2.75, 3.05) is 5.73 Å². The number of pyridine rings is 1. The Morgan fingerprint density at radius 1 is 1.36 bits per heavy atom. The molecule has 2 aromatic rings. The van der Waals surface area contributed by atoms with Crippen LogP contribution >= 0.6 is 15.9 Å². The van der Waals surface area contributed by atoms with E-state index in [2.05, 4.69) is 26.0 Å². The summed E-state index contributed by atoms with van der Waals surface area (Å²) in [7, 11) is 0. The lowest BCUT2D eigenvalue weighted by atomic mass is 10.4. The van der Waals surface area contributed by atoms with Crippen molar-refractivity contribution in [3.63, 3.8) is 0 Å². The summed E-state index contributed by atoms with van der Waals surface area (Å²) in [5.41, 5.74) is 6.44. The first-order chi connectivity index (χ1) is 6.66. The molecule has 0 radical (unpaired) electrons. The molecule has 72 valence electrons. The number of rotatable bonds is 1. The van der Waals surface area contributed by atoms with Gasteiger partial charge >= 0.3 is 0 Å². The molecule has 0 saturated heterocycles. The van der Waals surface area contributed by atoms with Crippen LogP contribution in [0.15, 0.2) is 28.9 Å². The minimum absolute atomic E-state index is 0.493. The number of nitrogens with two attached hydrogens (primary N) is 1. The second-order valence-corrected chi connectivity index (χ2v) is 3.78. The quantitative estimate of drug-likeness (QED) is 0.844. The van der Waals surface area contributed by atoms with E-state index in [-0.39, 0.29) is 0 Å². The highest BCUT2D eigenvalue weighted by atomic mass is 79.9. The van der Waals surface area contributed by atoms with Crippen LogP contribution in [0.2, 0.25) is 0 Å². The second kappa shape index (κ2) is 3.42. The molecule has 2 heterocycles. The molecule has 0 saturated carbocycles. The van der Waals surface area contributed by atoms with E-state index in [1.54, 1.807) is 16.9 Å². The SMILES string of the molecule is Cc1nc(-n2ccc(N)n2)ccc1Br. The Kier molecular flexibility index (Phi) is 2.25. The molecule has 4 nitrogen and oxygen atoms in total. The Labute approximate surface area is 89.9 Å². The van der Waals surface area contributed by atoms with Crippen LogP contribution < -0.4 is 5.73 Å². The normalized spacial score (nSPS) is 10.4. The topological polar surface area (TPSA) is 56.7 Å². The lowest BCUT2D eigenvalue weighted by molar-refractivity contribution is 0.844. The zero-order valence-corrected chi connectivity index (χ0v) is 9.19. The average Bonchev–Trinajstić information content (AvgIpc) is 2.57. The first-order valence-corrected chi connectivity index (χ1v) is 4.91. The van der Waals surface area contributed by atoms with Crippen molar-refractivity contribution < 1.29 is 0 Å². The molecule has 0 amide bonds. The van der Waals surface area contributed by atoms with Gasteiger partial charge in [0.05, 0.1) is 5.69 Å². The third-order valence-electron chi connectivity index (χ3n) is 1.85. The van der Waals surface area contributed by atoms with Gasteiger partial charge in [0.25, 0.3) is 0 Å². The average molecular weight is 253 g/mol. The number of nitrogens with zero attached hydrogens (tertiary/aromatic N) is 3. The molecule has 0 fully saturated rings. The molecule has 0 spiro atoms. The number of aromatic nitrogens is 3. The lowest BCUT2D eigenvalue weighted by Crippen LogP contribution is -2.00. The molecular formula is C9H9BrN4. The van der Waals surface area contributed by atoms with E-state index in [1.165, 1.54) is 0 Å². The number of hydrogen-bond acceptors (Lipinski definition) is 3. The predicted molar refractivity (Wildman–Crippen MR) is 58.2 cm³/mol. The van der Waals surface area contributed by atoms with Crippen LogP contribution in [0.1, 0.15) is 5.69 Å². The Bertz CT molecular complexity index is 464. The van der Waals surface area contributed by atoms with Gasteiger partial charge in [-0.2, -0.15) is 0 Å². The number of halogens is 1. The smallest absolute Gasteiger partial charge is 0.153 e. The number of aryl methyl sites for hydroxylation is 1. The first-order valence-electron chi connectivity index (χ1n) is 4.11. The lowest BCUT2D eigenvalue weighted by Gasteiger charge is -2.02. The molecule has 0 aliphatic rings. The Morgan fingerprint density at radius 3 is 2.71 bits per heavy atom. The maximum atomic E-state index is 5.51. The van der Waals surface area contributed by atoms with Gasteiger partial charge in [0.1, 0.15) is 5.82 Å². The van der Waals surface area contributed by atoms with Gasteiger partial charge in [-0.1, -0.05) is 0 Å². The summed E-state index contributed by atoms with van der Waals surface area (Å²) < 4.78 is 2.63. The zero-order chi connectivity index (χ0) is 10.1. The highest BCUT2D eigenvalue weighted by Crippen LogP contribution is 2.15. The minimum atomic E-state index is 0.493. The van der Waals surface area contributed by atoms with Crippen molar-refractivity contribution in [1.29, 1.82) is 0 Å². The van der Waals surface area contributed by atoms with Crippen LogP contribution in [0.4, 0.5) is 5.82 Å². The fraction of sp³-hybridized carbons (Fsp3) is 0.111. The van der Waals surface area contributed by atoms with Crippen LogP contribution in [0, 0.1) is 6.92 Å². The standard InChI is InChI=1S/C9H9BrN4/c1-6-7(10)2-3-9(12-6)14-5-4-8(11)13-14/h2-5H,1H3,(H2,11,13). The third kappa shape index (κ3) is 1.63. The highest BCUT2D eigenvalue weighted by Gasteiger charge is 2.02. The van der Waals surface area contributed by atoms with Gasteiger partial charge in [0, 0.05) is 16.7 Å². The van der Waals surface area contributed by atoms with Gasteiger partial charge in [-0.15, -0.1) is 5.10 Å². The minimum Gasteiger partial charge on any atom is -0.382 e. The maximum absolute atomic E-state index is 5.51. The fourth-order valence-electron chi connectivity index (χ4n) is 1.12. The Morgan fingerprint density at radius 2 is 2.14 bits per heavy atom. The molecule has 5 heteroatoms. The number of nitrogen functional groups attached to an aromatic ring is 1. The van der Waals surface area contributed by atoms with Crippen LogP contribution in [0.5, 0.6) is 0 Å². The van der Waals surface area contributed by atoms with E-state index in [0.717, 1.165) is 16.0 Å². The molecule has 2 N–H and O–H groups in total. The molecule has 0 bridgehead atoms. The van der Waals surface area contributed by atoms with E-state index in [0.29, 0.717) is 5.82 Å². The summed E-state index contributed by atoms with van der Waals surface area (Å²) in [4.78, 5) is 4.35. The molecule has 14 heavy (non-hydrogen) atoms. The van der Waals surface area contributed by atoms with Crippen molar-refractivity contribution in [2.24, 2.45) is 0 Å². The van der Waals surface area contributed by atoms with Gasteiger partial charge in [0.15, 0.2) is 5.82 Å². The van der Waals surface area contributed by atoms with Crippen LogP contribution in [0.25, 0.3) is 5.82 Å². The van der Waals surface area contributed by atoms with E-state index >= 15 is 0 Å². The summed E-state index contributed by atoms with van der Waals surface area (Å²) in [5.74, 6) is 1.26. The molecular weight excluding hydrogens is 244 g/mol. The Hall–Kier alpha value is -1.36. The van der Waals surface area contributed by atoms with Crippen molar-refractivity contribution >= 4 is 21.7 Å². The summed E-state index contributed by atoms with van der Waals surface area (Å²) in [6.07, 6.45) is 1.78. The van der Waals surface area contributed by atoms with E-state index in [9.17, 15) is 0 Å². The van der Waals surface area contributed by atoms with Gasteiger partial charge in [0.2, 0.25) is 0 Å². The van der Waals surface area contributed by atoms with E-state index < -0.39 is 0 Å². The molecule has 0 aliphatic heterocycles. The summed E-state index contributed by atoms with van der Waals surface area (Å²) >= 11 is 3.39. The second-order valence-electron chi connectivity index (χ2n) is 2.92. The predicted octanol–water partition coefficient (Wildman–Crippen LogP) is 1.92. The summed E-state index contributed by atoms with van der Waals surface area (Å²) in [5, 5.41) is 4.07. The van der Waals surface area contributed by atoms with Gasteiger partial charge in [-0.05, 0) is 35.0 Å². The largest absolute Gasteiger partial charge is 0.382 e. The molecule has 2 rings (SSSR count). The highest BCUT2D eigenvalue weighted by molar-refractivity contribution is 9.10. The van der Waals surface area contributed by atoms with Crippen molar-refractivity contribution in [2.45, 2.75) is 6.92 Å². The van der Waals surface area contributed by atoms with E-state index in [1.807, 2.05) is 19.1 Å². The fourth-order valence-corrected chi connectivity index (χ4v) is 1.34. The molecule has 2 aromatic heterocycles. The summed E-state index contributed by atoms with van der Waals surface area (Å²) in [6.45, 7) is 1.93. The first kappa shape index (κ1) is 9.21. The maximum Gasteiger partial charge on any atom is 0.153 e. The molecule has 0 atom stereocenters. The van der Waals surface area contributed by atoms with Gasteiger partial charge < -0.3 is 5.73 Å². The summed E-state index contributed by atoms with van der Waals surface area (Å²) in [6, 6.07) is 5.55. The number of hydrogen-bond donors (Lipinski definition) is 1. The van der Waals surface area contributed by atoms with Crippen LogP contribution in [0.3, 0.4) is 0 Å².